The Bertz CT molecular complexity index is 330. The van der Waals surface area contributed by atoms with Gasteiger partial charge in [0.2, 0.25) is 0 Å². The summed E-state index contributed by atoms with van der Waals surface area (Å²) >= 11 is 0. The summed E-state index contributed by atoms with van der Waals surface area (Å²) in [7, 11) is 0. The number of hydrogen-bond donors (Lipinski definition) is 1. The van der Waals surface area contributed by atoms with E-state index in [-0.39, 0.29) is 5.91 Å². The van der Waals surface area contributed by atoms with Gasteiger partial charge in [-0.3, -0.25) is 4.79 Å². The van der Waals surface area contributed by atoms with Gasteiger partial charge >= 0.3 is 0 Å². The van der Waals surface area contributed by atoms with Gasteiger partial charge in [0.1, 0.15) is 11.5 Å². The molecule has 1 aromatic heterocycles. The highest BCUT2D eigenvalue weighted by Gasteiger charge is 2.15. The summed E-state index contributed by atoms with van der Waals surface area (Å²) in [6.45, 7) is 5.59. The fraction of sp³-hybridized carbons (Fsp3) is 0.545. The van der Waals surface area contributed by atoms with Gasteiger partial charge in [-0.1, -0.05) is 13.8 Å². The highest BCUT2D eigenvalue weighted by molar-refractivity contribution is 5.92. The van der Waals surface area contributed by atoms with Crippen molar-refractivity contribution >= 4 is 11.7 Å². The highest BCUT2D eigenvalue weighted by atomic mass is 16.2. The molecular weight excluding hydrogens is 204 g/mol. The minimum Gasteiger partial charge on any atom is -0.382 e. The van der Waals surface area contributed by atoms with E-state index in [0.29, 0.717) is 11.5 Å². The van der Waals surface area contributed by atoms with Gasteiger partial charge in [0.25, 0.3) is 5.91 Å². The molecule has 0 bridgehead atoms. The van der Waals surface area contributed by atoms with E-state index in [9.17, 15) is 4.79 Å². The van der Waals surface area contributed by atoms with Crippen LogP contribution in [0.3, 0.4) is 0 Å². The van der Waals surface area contributed by atoms with Crippen molar-refractivity contribution in [2.45, 2.75) is 26.7 Å². The summed E-state index contributed by atoms with van der Waals surface area (Å²) in [6.07, 6.45) is 4.71. The lowest BCUT2D eigenvalue weighted by atomic mass is 10.3. The molecule has 88 valence electrons. The number of nitrogens with two attached hydrogens (primary N) is 1. The van der Waals surface area contributed by atoms with E-state index in [1.807, 2.05) is 13.8 Å². The molecule has 0 saturated carbocycles. The van der Waals surface area contributed by atoms with E-state index in [1.54, 1.807) is 4.90 Å². The molecule has 5 nitrogen and oxygen atoms in total. The van der Waals surface area contributed by atoms with Gasteiger partial charge in [-0.2, -0.15) is 0 Å². The molecule has 16 heavy (non-hydrogen) atoms. The molecule has 0 aliphatic rings. The Morgan fingerprint density at radius 1 is 1.25 bits per heavy atom. The first-order valence-corrected chi connectivity index (χ1v) is 5.55. The third-order valence-corrected chi connectivity index (χ3v) is 2.17. The Balaban J connectivity index is 2.77. The number of carbonyl (C=O) groups is 1. The lowest BCUT2D eigenvalue weighted by Crippen LogP contribution is -2.33. The summed E-state index contributed by atoms with van der Waals surface area (Å²) in [4.78, 5) is 21.7. The summed E-state index contributed by atoms with van der Waals surface area (Å²) in [5.41, 5.74) is 5.78. The van der Waals surface area contributed by atoms with Crippen LogP contribution < -0.4 is 5.73 Å². The van der Waals surface area contributed by atoms with Crippen LogP contribution in [0.2, 0.25) is 0 Å². The molecule has 2 N–H and O–H groups in total. The topological polar surface area (TPSA) is 72.1 Å². The van der Waals surface area contributed by atoms with E-state index >= 15 is 0 Å². The van der Waals surface area contributed by atoms with Crippen molar-refractivity contribution in [3.63, 3.8) is 0 Å². The quantitative estimate of drug-likeness (QED) is 0.815. The molecule has 1 rings (SSSR count). The Morgan fingerprint density at radius 3 is 2.31 bits per heavy atom. The zero-order chi connectivity index (χ0) is 12.0. The number of carbonyl (C=O) groups excluding carboxylic acids is 1. The zero-order valence-corrected chi connectivity index (χ0v) is 9.81. The molecule has 0 radical (unpaired) electrons. The monoisotopic (exact) mass is 222 g/mol. The summed E-state index contributed by atoms with van der Waals surface area (Å²) < 4.78 is 0. The largest absolute Gasteiger partial charge is 0.382 e. The third kappa shape index (κ3) is 3.18. The van der Waals surface area contributed by atoms with Crippen molar-refractivity contribution in [1.29, 1.82) is 0 Å². The lowest BCUT2D eigenvalue weighted by molar-refractivity contribution is 0.0749. The summed E-state index contributed by atoms with van der Waals surface area (Å²) in [5, 5.41) is 0. The van der Waals surface area contributed by atoms with Crippen LogP contribution in [0.4, 0.5) is 5.82 Å². The first-order chi connectivity index (χ1) is 7.69. The number of hydrogen-bond acceptors (Lipinski definition) is 4. The predicted octanol–water partition coefficient (Wildman–Crippen LogP) is 1.32. The molecule has 0 atom stereocenters. The number of nitrogens with zero attached hydrogens (tertiary/aromatic N) is 3. The number of rotatable bonds is 5. The molecule has 0 fully saturated rings. The maximum Gasteiger partial charge on any atom is 0.274 e. The SMILES string of the molecule is CCCN(CCC)C(=O)c1cnc(N)cn1. The minimum atomic E-state index is -0.0730. The van der Waals surface area contributed by atoms with Gasteiger partial charge in [-0.05, 0) is 12.8 Å². The van der Waals surface area contributed by atoms with Crippen LogP contribution in [0.15, 0.2) is 12.4 Å². The summed E-state index contributed by atoms with van der Waals surface area (Å²) in [6, 6.07) is 0. The maximum atomic E-state index is 12.0. The predicted molar refractivity (Wildman–Crippen MR) is 62.9 cm³/mol. The maximum absolute atomic E-state index is 12.0. The molecule has 0 aliphatic heterocycles. The first-order valence-electron chi connectivity index (χ1n) is 5.55. The van der Waals surface area contributed by atoms with E-state index in [1.165, 1.54) is 12.4 Å². The van der Waals surface area contributed by atoms with E-state index in [0.717, 1.165) is 25.9 Å². The third-order valence-electron chi connectivity index (χ3n) is 2.17. The smallest absolute Gasteiger partial charge is 0.274 e. The Labute approximate surface area is 95.7 Å². The van der Waals surface area contributed by atoms with Crippen molar-refractivity contribution in [2.24, 2.45) is 0 Å². The Kier molecular flexibility index (Phi) is 4.69. The van der Waals surface area contributed by atoms with Crippen molar-refractivity contribution in [3.05, 3.63) is 18.1 Å². The molecule has 0 aromatic carbocycles. The molecule has 0 unspecified atom stereocenters. The van der Waals surface area contributed by atoms with E-state index in [2.05, 4.69) is 9.97 Å². The Morgan fingerprint density at radius 2 is 1.88 bits per heavy atom. The fourth-order valence-electron chi connectivity index (χ4n) is 1.47. The Hall–Kier alpha value is -1.65. The van der Waals surface area contributed by atoms with Crippen molar-refractivity contribution in [1.82, 2.24) is 14.9 Å². The second-order valence-corrected chi connectivity index (χ2v) is 3.62. The summed E-state index contributed by atoms with van der Waals surface area (Å²) in [5.74, 6) is 0.255. The highest BCUT2D eigenvalue weighted by Crippen LogP contribution is 2.04. The van der Waals surface area contributed by atoms with Gasteiger partial charge in [0.05, 0.1) is 12.4 Å². The van der Waals surface area contributed by atoms with Gasteiger partial charge in [0.15, 0.2) is 0 Å². The van der Waals surface area contributed by atoms with Crippen molar-refractivity contribution in [3.8, 4) is 0 Å². The van der Waals surface area contributed by atoms with Gasteiger partial charge in [-0.15, -0.1) is 0 Å². The van der Waals surface area contributed by atoms with Crippen LogP contribution in [0, 0.1) is 0 Å². The number of nitrogen functional groups attached to an aromatic ring is 1. The van der Waals surface area contributed by atoms with Gasteiger partial charge in [0, 0.05) is 13.1 Å². The number of amides is 1. The average molecular weight is 222 g/mol. The van der Waals surface area contributed by atoms with Gasteiger partial charge < -0.3 is 10.6 Å². The molecule has 1 amide bonds. The lowest BCUT2D eigenvalue weighted by Gasteiger charge is -2.20. The molecular formula is C11H18N4O. The van der Waals surface area contributed by atoms with E-state index < -0.39 is 0 Å². The van der Waals surface area contributed by atoms with Gasteiger partial charge in [-0.25, -0.2) is 9.97 Å². The zero-order valence-electron chi connectivity index (χ0n) is 9.81. The average Bonchev–Trinajstić information content (AvgIpc) is 2.29. The second-order valence-electron chi connectivity index (χ2n) is 3.62. The molecule has 1 aromatic rings. The van der Waals surface area contributed by atoms with Crippen molar-refractivity contribution in [2.75, 3.05) is 18.8 Å². The normalized spacial score (nSPS) is 10.1. The number of aromatic nitrogens is 2. The molecule has 0 aliphatic carbocycles. The van der Waals surface area contributed by atoms with Crippen LogP contribution in [-0.2, 0) is 0 Å². The fourth-order valence-corrected chi connectivity index (χ4v) is 1.47. The molecule has 1 heterocycles. The molecule has 5 heteroatoms. The van der Waals surface area contributed by atoms with E-state index in [4.69, 9.17) is 5.73 Å². The van der Waals surface area contributed by atoms with Crippen LogP contribution in [-0.4, -0.2) is 33.9 Å². The molecule has 0 spiro atoms. The standard InChI is InChI=1S/C11H18N4O/c1-3-5-15(6-4-2)11(16)9-7-14-10(12)8-13-9/h7-8H,3-6H2,1-2H3,(H2,12,14). The van der Waals surface area contributed by atoms with Crippen molar-refractivity contribution < 1.29 is 4.79 Å². The first kappa shape index (κ1) is 12.4. The van der Waals surface area contributed by atoms with Crippen LogP contribution in [0.1, 0.15) is 37.2 Å². The van der Waals surface area contributed by atoms with Crippen LogP contribution >= 0.6 is 0 Å². The van der Waals surface area contributed by atoms with Crippen LogP contribution in [0.5, 0.6) is 0 Å². The molecule has 0 saturated heterocycles. The second kappa shape index (κ2) is 6.05. The minimum absolute atomic E-state index is 0.0730. The number of anilines is 1. The van der Waals surface area contributed by atoms with Crippen LogP contribution in [0.25, 0.3) is 0 Å².